The minimum absolute atomic E-state index is 0.0237. The maximum Gasteiger partial charge on any atom is 0.251 e. The number of amides is 2. The van der Waals surface area contributed by atoms with E-state index >= 15 is 0 Å². The highest BCUT2D eigenvalue weighted by Gasteiger charge is 2.31. The van der Waals surface area contributed by atoms with Gasteiger partial charge in [-0.1, -0.05) is 0 Å². The fourth-order valence-electron chi connectivity index (χ4n) is 2.91. The number of hydrogen-bond acceptors (Lipinski definition) is 4. The van der Waals surface area contributed by atoms with Crippen molar-refractivity contribution in [2.45, 2.75) is 25.0 Å². The zero-order chi connectivity index (χ0) is 17.3. The van der Waals surface area contributed by atoms with Crippen molar-refractivity contribution < 1.29 is 14.3 Å². The molecule has 0 saturated carbocycles. The second kappa shape index (κ2) is 6.60. The molecule has 1 aromatic heterocycles. The van der Waals surface area contributed by atoms with Gasteiger partial charge in [-0.2, -0.15) is 0 Å². The van der Waals surface area contributed by atoms with Crippen LogP contribution >= 0.6 is 0 Å². The van der Waals surface area contributed by atoms with Crippen LogP contribution in [0.3, 0.4) is 0 Å². The Morgan fingerprint density at radius 3 is 2.92 bits per heavy atom. The minimum atomic E-state index is -0.397. The Kier molecular flexibility index (Phi) is 4.53. The second-order valence-corrected chi connectivity index (χ2v) is 6.33. The first-order chi connectivity index (χ1) is 11.5. The molecule has 1 N–H and O–H groups in total. The number of carbonyl (C=O) groups is 2. The van der Waals surface area contributed by atoms with E-state index < -0.39 is 6.10 Å². The van der Waals surface area contributed by atoms with E-state index in [2.05, 4.69) is 10.3 Å². The fourth-order valence-corrected chi connectivity index (χ4v) is 2.91. The summed E-state index contributed by atoms with van der Waals surface area (Å²) in [5.74, 6) is -0.182. The van der Waals surface area contributed by atoms with Crippen molar-refractivity contribution in [2.24, 2.45) is 7.05 Å². The Hall–Kier alpha value is -2.41. The van der Waals surface area contributed by atoms with Gasteiger partial charge in [0.25, 0.3) is 11.8 Å². The molecule has 2 heterocycles. The van der Waals surface area contributed by atoms with Crippen molar-refractivity contribution in [3.63, 3.8) is 0 Å². The van der Waals surface area contributed by atoms with Crippen molar-refractivity contribution in [2.75, 3.05) is 20.6 Å². The number of aromatic nitrogens is 2. The number of carbonyl (C=O) groups excluding carboxylic acids is 2. The molecule has 0 bridgehead atoms. The molecule has 0 spiro atoms. The molecule has 0 radical (unpaired) electrons. The molecule has 1 saturated heterocycles. The maximum atomic E-state index is 12.3. The molecule has 7 heteroatoms. The molecule has 1 aromatic carbocycles. The number of hydrogen-bond donors (Lipinski definition) is 1. The van der Waals surface area contributed by atoms with E-state index in [0.29, 0.717) is 18.5 Å². The van der Waals surface area contributed by atoms with Gasteiger partial charge in [-0.3, -0.25) is 9.59 Å². The molecular formula is C17H22N4O3. The van der Waals surface area contributed by atoms with Crippen LogP contribution in [-0.4, -0.2) is 59.1 Å². The minimum Gasteiger partial charge on any atom is -0.363 e. The Morgan fingerprint density at radius 2 is 2.17 bits per heavy atom. The molecule has 7 nitrogen and oxygen atoms in total. The lowest BCUT2D eigenvalue weighted by Crippen LogP contribution is -2.36. The maximum absolute atomic E-state index is 12.3. The van der Waals surface area contributed by atoms with Crippen molar-refractivity contribution in [1.29, 1.82) is 0 Å². The molecule has 1 aliphatic heterocycles. The third-order valence-electron chi connectivity index (χ3n) is 4.30. The number of nitrogens with zero attached hydrogens (tertiary/aromatic N) is 3. The fraction of sp³-hybridized carbons (Fsp3) is 0.471. The van der Waals surface area contributed by atoms with Crippen molar-refractivity contribution in [1.82, 2.24) is 19.8 Å². The van der Waals surface area contributed by atoms with E-state index in [1.54, 1.807) is 32.6 Å². The van der Waals surface area contributed by atoms with Crippen LogP contribution in [0.1, 0.15) is 23.2 Å². The predicted molar refractivity (Wildman–Crippen MR) is 89.6 cm³/mol. The highest BCUT2D eigenvalue weighted by Crippen LogP contribution is 2.20. The standard InChI is InChI=1S/C17H22N4O3/c1-20(2)17(23)15-7-5-12(24-15)9-18-16(22)11-4-6-14-13(8-11)19-10-21(14)3/h4,6,8,10,12,15H,5,7,9H2,1-3H3,(H,18,22). The van der Waals surface area contributed by atoms with Gasteiger partial charge in [-0.25, -0.2) is 4.98 Å². The summed E-state index contributed by atoms with van der Waals surface area (Å²) in [7, 11) is 5.35. The van der Waals surface area contributed by atoms with Gasteiger partial charge in [-0.05, 0) is 31.0 Å². The normalized spacial score (nSPS) is 20.3. The molecule has 3 rings (SSSR count). The molecule has 128 valence electrons. The van der Waals surface area contributed by atoms with Crippen LogP contribution in [0.15, 0.2) is 24.5 Å². The summed E-state index contributed by atoms with van der Waals surface area (Å²) >= 11 is 0. The summed E-state index contributed by atoms with van der Waals surface area (Å²) < 4.78 is 7.63. The molecule has 0 aliphatic carbocycles. The Morgan fingerprint density at radius 1 is 1.38 bits per heavy atom. The predicted octanol–water partition coefficient (Wildman–Crippen LogP) is 0.939. The number of likely N-dealkylation sites (N-methyl/N-ethyl adjacent to an activating group) is 1. The summed E-state index contributed by atoms with van der Waals surface area (Å²) in [4.78, 5) is 30.0. The third-order valence-corrected chi connectivity index (χ3v) is 4.30. The van der Waals surface area contributed by atoms with Gasteiger partial charge < -0.3 is 19.5 Å². The number of aryl methyl sites for hydroxylation is 1. The molecule has 2 aromatic rings. The summed E-state index contributed by atoms with van der Waals surface area (Å²) in [6.07, 6.45) is 2.66. The van der Waals surface area contributed by atoms with Gasteiger partial charge in [0.15, 0.2) is 0 Å². The SMILES string of the molecule is CN(C)C(=O)C1CCC(CNC(=O)c2ccc3c(c2)ncn3C)O1. The number of nitrogens with one attached hydrogen (secondary N) is 1. The lowest BCUT2D eigenvalue weighted by atomic mass is 10.1. The summed E-state index contributed by atoms with van der Waals surface area (Å²) in [6.45, 7) is 0.399. The number of imidazole rings is 1. The van der Waals surface area contributed by atoms with E-state index in [4.69, 9.17) is 4.74 Å². The van der Waals surface area contributed by atoms with Gasteiger partial charge in [-0.15, -0.1) is 0 Å². The largest absolute Gasteiger partial charge is 0.363 e. The number of ether oxygens (including phenoxy) is 1. The average Bonchev–Trinajstić information content (AvgIpc) is 3.18. The number of fused-ring (bicyclic) bond motifs is 1. The van der Waals surface area contributed by atoms with Gasteiger partial charge in [0.1, 0.15) is 6.10 Å². The van der Waals surface area contributed by atoms with Crippen LogP contribution in [0.4, 0.5) is 0 Å². The molecule has 2 unspecified atom stereocenters. The zero-order valence-corrected chi connectivity index (χ0v) is 14.2. The highest BCUT2D eigenvalue weighted by atomic mass is 16.5. The molecular weight excluding hydrogens is 308 g/mol. The van der Waals surface area contributed by atoms with Crippen LogP contribution < -0.4 is 5.32 Å². The summed E-state index contributed by atoms with van der Waals surface area (Å²) in [6, 6.07) is 5.45. The Bertz CT molecular complexity index is 768. The van der Waals surface area contributed by atoms with E-state index in [1.807, 2.05) is 17.7 Å². The van der Waals surface area contributed by atoms with Crippen LogP contribution in [0.25, 0.3) is 11.0 Å². The van der Waals surface area contributed by atoms with E-state index in [0.717, 1.165) is 17.5 Å². The van der Waals surface area contributed by atoms with Crippen LogP contribution in [0.2, 0.25) is 0 Å². The van der Waals surface area contributed by atoms with Crippen molar-refractivity contribution in [3.05, 3.63) is 30.1 Å². The second-order valence-electron chi connectivity index (χ2n) is 6.33. The molecule has 1 fully saturated rings. The summed E-state index contributed by atoms with van der Waals surface area (Å²) in [5, 5.41) is 2.88. The summed E-state index contributed by atoms with van der Waals surface area (Å²) in [5.41, 5.74) is 2.34. The first-order valence-electron chi connectivity index (χ1n) is 8.01. The van der Waals surface area contributed by atoms with Gasteiger partial charge in [0.05, 0.1) is 23.5 Å². The lowest BCUT2D eigenvalue weighted by molar-refractivity contribution is -0.140. The molecule has 24 heavy (non-hydrogen) atoms. The topological polar surface area (TPSA) is 76.5 Å². The van der Waals surface area contributed by atoms with Crippen LogP contribution in [0.5, 0.6) is 0 Å². The number of rotatable bonds is 4. The average molecular weight is 330 g/mol. The van der Waals surface area contributed by atoms with Gasteiger partial charge >= 0.3 is 0 Å². The number of benzene rings is 1. The first kappa shape index (κ1) is 16.4. The van der Waals surface area contributed by atoms with Crippen LogP contribution in [0, 0.1) is 0 Å². The van der Waals surface area contributed by atoms with Crippen molar-refractivity contribution >= 4 is 22.8 Å². The van der Waals surface area contributed by atoms with E-state index in [9.17, 15) is 9.59 Å². The van der Waals surface area contributed by atoms with Crippen molar-refractivity contribution in [3.8, 4) is 0 Å². The first-order valence-corrected chi connectivity index (χ1v) is 8.01. The zero-order valence-electron chi connectivity index (χ0n) is 14.2. The van der Waals surface area contributed by atoms with Crippen LogP contribution in [-0.2, 0) is 16.6 Å². The third kappa shape index (κ3) is 3.26. The van der Waals surface area contributed by atoms with E-state index in [-0.39, 0.29) is 17.9 Å². The van der Waals surface area contributed by atoms with Gasteiger partial charge in [0.2, 0.25) is 0 Å². The lowest BCUT2D eigenvalue weighted by Gasteiger charge is -2.17. The molecule has 2 amide bonds. The van der Waals surface area contributed by atoms with Gasteiger partial charge in [0, 0.05) is 33.3 Å². The quantitative estimate of drug-likeness (QED) is 0.905. The monoisotopic (exact) mass is 330 g/mol. The molecule has 1 aliphatic rings. The Balaban J connectivity index is 1.56. The highest BCUT2D eigenvalue weighted by molar-refractivity contribution is 5.97. The Labute approximate surface area is 140 Å². The smallest absolute Gasteiger partial charge is 0.251 e. The molecule has 2 atom stereocenters. The van der Waals surface area contributed by atoms with E-state index in [1.165, 1.54) is 4.90 Å².